The highest BCUT2D eigenvalue weighted by molar-refractivity contribution is 5.94. The summed E-state index contributed by atoms with van der Waals surface area (Å²) in [5.74, 6) is -2.18. The van der Waals surface area contributed by atoms with E-state index in [1.54, 1.807) is 13.0 Å². The van der Waals surface area contributed by atoms with E-state index in [0.717, 1.165) is 12.0 Å². The minimum Gasteiger partial charge on any atom is -0.478 e. The van der Waals surface area contributed by atoms with E-state index < -0.39 is 17.9 Å². The van der Waals surface area contributed by atoms with Gasteiger partial charge in [-0.3, -0.25) is 4.79 Å². The molecule has 2 unspecified atom stereocenters. The van der Waals surface area contributed by atoms with Crippen molar-refractivity contribution >= 4 is 11.9 Å². The summed E-state index contributed by atoms with van der Waals surface area (Å²) >= 11 is 0. The van der Waals surface area contributed by atoms with Crippen molar-refractivity contribution in [2.24, 2.45) is 5.92 Å². The third kappa shape index (κ3) is 5.17. The summed E-state index contributed by atoms with van der Waals surface area (Å²) in [6.45, 7) is 7.91. The van der Waals surface area contributed by atoms with Gasteiger partial charge in [0.25, 0.3) is 0 Å². The van der Waals surface area contributed by atoms with Crippen LogP contribution in [-0.4, -0.2) is 36.4 Å². The zero-order valence-electron chi connectivity index (χ0n) is 12.1. The van der Waals surface area contributed by atoms with Gasteiger partial charge in [0.1, 0.15) is 6.61 Å². The van der Waals surface area contributed by atoms with Gasteiger partial charge in [-0.2, -0.15) is 0 Å². The Morgan fingerprint density at radius 2 is 2.25 bits per heavy atom. The van der Waals surface area contributed by atoms with E-state index in [4.69, 9.17) is 14.6 Å². The molecule has 5 heteroatoms. The maximum absolute atomic E-state index is 12.0. The number of carboxylic acid groups (broad SMARTS) is 1. The minimum absolute atomic E-state index is 0.121. The van der Waals surface area contributed by atoms with Crippen LogP contribution in [0.5, 0.6) is 0 Å². The molecule has 1 aliphatic rings. The molecule has 5 nitrogen and oxygen atoms in total. The first kappa shape index (κ1) is 16.4. The first-order valence-corrected chi connectivity index (χ1v) is 6.77. The van der Waals surface area contributed by atoms with Crippen LogP contribution in [0.3, 0.4) is 0 Å². The molecule has 0 saturated heterocycles. The van der Waals surface area contributed by atoms with Gasteiger partial charge < -0.3 is 14.6 Å². The Kier molecular flexibility index (Phi) is 6.45. The summed E-state index contributed by atoms with van der Waals surface area (Å²) in [6, 6.07) is 0. The second-order valence-corrected chi connectivity index (χ2v) is 5.16. The third-order valence-electron chi connectivity index (χ3n) is 3.04. The summed E-state index contributed by atoms with van der Waals surface area (Å²) in [7, 11) is 0. The topological polar surface area (TPSA) is 72.8 Å². The Balaban J connectivity index is 2.45. The van der Waals surface area contributed by atoms with Gasteiger partial charge in [0, 0.05) is 5.57 Å². The molecule has 112 valence electrons. The molecule has 0 radical (unpaired) electrons. The fourth-order valence-corrected chi connectivity index (χ4v) is 1.99. The molecule has 1 aliphatic carbocycles. The number of carboxylic acids is 1. The van der Waals surface area contributed by atoms with Crippen molar-refractivity contribution in [2.75, 3.05) is 13.2 Å². The molecule has 0 amide bonds. The number of carbonyl (C=O) groups excluding carboxylic acids is 1. The van der Waals surface area contributed by atoms with Gasteiger partial charge in [-0.15, -0.1) is 0 Å². The van der Waals surface area contributed by atoms with Gasteiger partial charge in [-0.1, -0.05) is 18.2 Å². The lowest BCUT2D eigenvalue weighted by atomic mass is 9.88. The van der Waals surface area contributed by atoms with Crippen LogP contribution in [0.4, 0.5) is 0 Å². The Morgan fingerprint density at radius 1 is 1.55 bits per heavy atom. The van der Waals surface area contributed by atoms with E-state index in [-0.39, 0.29) is 18.3 Å². The van der Waals surface area contributed by atoms with Crippen molar-refractivity contribution in [3.05, 3.63) is 23.8 Å². The monoisotopic (exact) mass is 282 g/mol. The molecule has 0 aromatic heterocycles. The molecule has 0 aliphatic heterocycles. The molecule has 0 aromatic carbocycles. The van der Waals surface area contributed by atoms with Gasteiger partial charge >= 0.3 is 11.9 Å². The van der Waals surface area contributed by atoms with Crippen LogP contribution in [-0.2, 0) is 19.1 Å². The lowest BCUT2D eigenvalue weighted by molar-refractivity contribution is -0.153. The lowest BCUT2D eigenvalue weighted by Crippen LogP contribution is -2.28. The number of carbonyl (C=O) groups is 2. The Morgan fingerprint density at radius 3 is 2.85 bits per heavy atom. The van der Waals surface area contributed by atoms with E-state index >= 15 is 0 Å². The zero-order chi connectivity index (χ0) is 15.1. The molecule has 0 bridgehead atoms. The molecular formula is C15H22O5. The van der Waals surface area contributed by atoms with E-state index in [0.29, 0.717) is 19.4 Å². The molecule has 0 aromatic rings. The summed E-state index contributed by atoms with van der Waals surface area (Å²) in [4.78, 5) is 23.0. The Hall–Kier alpha value is -1.62. The molecule has 2 atom stereocenters. The van der Waals surface area contributed by atoms with Crippen LogP contribution in [0.2, 0.25) is 0 Å². The van der Waals surface area contributed by atoms with Crippen LogP contribution < -0.4 is 0 Å². The average Bonchev–Trinajstić information content (AvgIpc) is 2.42. The fourth-order valence-electron chi connectivity index (χ4n) is 1.99. The second-order valence-electron chi connectivity index (χ2n) is 5.16. The summed E-state index contributed by atoms with van der Waals surface area (Å²) < 4.78 is 10.6. The van der Waals surface area contributed by atoms with Crippen molar-refractivity contribution < 1.29 is 24.2 Å². The maximum atomic E-state index is 12.0. The highest BCUT2D eigenvalue weighted by atomic mass is 16.6. The van der Waals surface area contributed by atoms with Gasteiger partial charge in [0.2, 0.25) is 0 Å². The molecule has 1 N–H and O–H groups in total. The number of allylic oxidation sites excluding steroid dienone is 1. The van der Waals surface area contributed by atoms with Crippen molar-refractivity contribution in [3.63, 3.8) is 0 Å². The molecule has 0 spiro atoms. The van der Waals surface area contributed by atoms with E-state index in [2.05, 4.69) is 6.58 Å². The van der Waals surface area contributed by atoms with Crippen molar-refractivity contribution in [1.29, 1.82) is 0 Å². The molecule has 0 fully saturated rings. The summed E-state index contributed by atoms with van der Waals surface area (Å²) in [5, 5.41) is 9.07. The Bertz CT molecular complexity index is 410. The van der Waals surface area contributed by atoms with E-state index in [9.17, 15) is 9.59 Å². The normalized spacial score (nSPS) is 19.9. The SMILES string of the molecule is C=C(C)COC(C)COC(=O)C1CCCC=C1C(=O)O. The molecule has 1 rings (SSSR count). The van der Waals surface area contributed by atoms with Crippen LogP contribution in [0.15, 0.2) is 23.8 Å². The Labute approximate surface area is 119 Å². The summed E-state index contributed by atoms with van der Waals surface area (Å²) in [6.07, 6.45) is 3.40. The number of esters is 1. The predicted octanol–water partition coefficient (Wildman–Crippen LogP) is 2.32. The van der Waals surface area contributed by atoms with Crippen molar-refractivity contribution in [2.45, 2.75) is 39.2 Å². The highest BCUT2D eigenvalue weighted by Crippen LogP contribution is 2.26. The minimum atomic E-state index is -1.04. The molecular weight excluding hydrogens is 260 g/mol. The third-order valence-corrected chi connectivity index (χ3v) is 3.04. The highest BCUT2D eigenvalue weighted by Gasteiger charge is 2.30. The fraction of sp³-hybridized carbons (Fsp3) is 0.600. The quantitative estimate of drug-likeness (QED) is 0.573. The zero-order valence-corrected chi connectivity index (χ0v) is 12.1. The standard InChI is InChI=1S/C15H22O5/c1-10(2)8-19-11(3)9-20-15(18)13-7-5-4-6-12(13)14(16)17/h6,11,13H,1,4-5,7-9H2,2-3H3,(H,16,17). The first-order valence-electron chi connectivity index (χ1n) is 6.77. The van der Waals surface area contributed by atoms with Gasteiger partial charge in [0.15, 0.2) is 0 Å². The molecule has 0 heterocycles. The van der Waals surface area contributed by atoms with Crippen LogP contribution in [0.25, 0.3) is 0 Å². The van der Waals surface area contributed by atoms with Crippen LogP contribution >= 0.6 is 0 Å². The first-order chi connectivity index (χ1) is 9.41. The van der Waals surface area contributed by atoms with Gasteiger partial charge in [-0.25, -0.2) is 4.79 Å². The average molecular weight is 282 g/mol. The number of hydrogen-bond acceptors (Lipinski definition) is 4. The van der Waals surface area contributed by atoms with Crippen molar-refractivity contribution in [3.8, 4) is 0 Å². The summed E-state index contributed by atoms with van der Waals surface area (Å²) in [5.41, 5.74) is 1.04. The maximum Gasteiger partial charge on any atom is 0.332 e. The number of hydrogen-bond donors (Lipinski definition) is 1. The molecule has 0 saturated carbocycles. The number of ether oxygens (including phenoxy) is 2. The predicted molar refractivity (Wildman–Crippen MR) is 74.2 cm³/mol. The van der Waals surface area contributed by atoms with Gasteiger partial charge in [-0.05, 0) is 33.1 Å². The van der Waals surface area contributed by atoms with E-state index in [1.807, 2.05) is 6.92 Å². The van der Waals surface area contributed by atoms with Crippen LogP contribution in [0.1, 0.15) is 33.1 Å². The molecule has 20 heavy (non-hydrogen) atoms. The van der Waals surface area contributed by atoms with Crippen LogP contribution in [0, 0.1) is 5.92 Å². The van der Waals surface area contributed by atoms with E-state index in [1.165, 1.54) is 0 Å². The number of aliphatic carboxylic acids is 1. The van der Waals surface area contributed by atoms with Crippen molar-refractivity contribution in [1.82, 2.24) is 0 Å². The second kappa shape index (κ2) is 7.85. The lowest BCUT2D eigenvalue weighted by Gasteiger charge is -2.21. The smallest absolute Gasteiger partial charge is 0.332 e. The largest absolute Gasteiger partial charge is 0.478 e. The number of rotatable bonds is 7. The van der Waals surface area contributed by atoms with Gasteiger partial charge in [0.05, 0.1) is 18.6 Å².